The lowest BCUT2D eigenvalue weighted by Crippen LogP contribution is -2.10. The van der Waals surface area contributed by atoms with Crippen LogP contribution in [0.3, 0.4) is 0 Å². The molecule has 0 aliphatic carbocycles. The Hall–Kier alpha value is -1.92. The summed E-state index contributed by atoms with van der Waals surface area (Å²) >= 11 is 1.67. The third-order valence-corrected chi connectivity index (χ3v) is 4.48. The Bertz CT molecular complexity index is 661. The van der Waals surface area contributed by atoms with Crippen molar-refractivity contribution < 1.29 is 0 Å². The molecule has 2 aromatic rings. The summed E-state index contributed by atoms with van der Waals surface area (Å²) in [6.07, 6.45) is 0. The van der Waals surface area contributed by atoms with E-state index in [1.807, 2.05) is 12.1 Å². The van der Waals surface area contributed by atoms with Crippen LogP contribution >= 0.6 is 11.8 Å². The highest BCUT2D eigenvalue weighted by Gasteiger charge is 2.12. The molecule has 0 aliphatic heterocycles. The van der Waals surface area contributed by atoms with E-state index in [2.05, 4.69) is 51.1 Å². The van der Waals surface area contributed by atoms with E-state index in [9.17, 15) is 0 Å². The van der Waals surface area contributed by atoms with Crippen molar-refractivity contribution >= 4 is 17.4 Å². The lowest BCUT2D eigenvalue weighted by atomic mass is 9.87. The molecule has 2 N–H and O–H groups in total. The standard InChI is InChI=1S/C18H20N2S/c1-18(2,3)15-6-4-13(5-7-15)12-21-17-9-8-16(20)10-14(17)11-19/h4-10H,12,20H2,1-3H3. The van der Waals surface area contributed by atoms with Gasteiger partial charge in [-0.2, -0.15) is 5.26 Å². The second kappa shape index (κ2) is 6.24. The van der Waals surface area contributed by atoms with Crippen molar-refractivity contribution in [2.24, 2.45) is 0 Å². The summed E-state index contributed by atoms with van der Waals surface area (Å²) in [5, 5.41) is 9.15. The summed E-state index contributed by atoms with van der Waals surface area (Å²) in [6.45, 7) is 6.64. The van der Waals surface area contributed by atoms with Gasteiger partial charge in [0.15, 0.2) is 0 Å². The third-order valence-electron chi connectivity index (χ3n) is 3.34. The summed E-state index contributed by atoms with van der Waals surface area (Å²) in [5.41, 5.74) is 9.75. The normalized spacial score (nSPS) is 11.1. The maximum absolute atomic E-state index is 9.15. The summed E-state index contributed by atoms with van der Waals surface area (Å²) in [7, 11) is 0. The van der Waals surface area contributed by atoms with E-state index in [1.165, 1.54) is 11.1 Å². The molecule has 0 unspecified atom stereocenters. The molecule has 2 aromatic carbocycles. The number of anilines is 1. The van der Waals surface area contributed by atoms with E-state index in [0.717, 1.165) is 10.6 Å². The van der Waals surface area contributed by atoms with Crippen LogP contribution in [0.5, 0.6) is 0 Å². The van der Waals surface area contributed by atoms with Gasteiger partial charge in [0.05, 0.1) is 5.56 Å². The molecule has 0 amide bonds. The van der Waals surface area contributed by atoms with E-state index in [4.69, 9.17) is 11.0 Å². The predicted molar refractivity (Wildman–Crippen MR) is 90.3 cm³/mol. The van der Waals surface area contributed by atoms with Gasteiger partial charge >= 0.3 is 0 Å². The van der Waals surface area contributed by atoms with E-state index in [-0.39, 0.29) is 5.41 Å². The molecule has 2 nitrogen and oxygen atoms in total. The van der Waals surface area contributed by atoms with Crippen LogP contribution in [0, 0.1) is 11.3 Å². The highest BCUT2D eigenvalue weighted by molar-refractivity contribution is 7.98. The Morgan fingerprint density at radius 2 is 1.76 bits per heavy atom. The van der Waals surface area contributed by atoms with Crippen molar-refractivity contribution in [3.8, 4) is 6.07 Å². The number of hydrogen-bond acceptors (Lipinski definition) is 3. The molecule has 0 radical (unpaired) electrons. The number of nitrogen functional groups attached to an aromatic ring is 1. The average Bonchev–Trinajstić information content (AvgIpc) is 2.45. The lowest BCUT2D eigenvalue weighted by Gasteiger charge is -2.19. The minimum Gasteiger partial charge on any atom is -0.399 e. The van der Waals surface area contributed by atoms with Gasteiger partial charge in [-0.05, 0) is 34.7 Å². The Balaban J connectivity index is 2.09. The van der Waals surface area contributed by atoms with Crippen LogP contribution in [0.1, 0.15) is 37.5 Å². The number of benzene rings is 2. The fourth-order valence-corrected chi connectivity index (χ4v) is 2.96. The average molecular weight is 296 g/mol. The first-order valence-electron chi connectivity index (χ1n) is 6.92. The first kappa shape index (κ1) is 15.5. The monoisotopic (exact) mass is 296 g/mol. The number of nitrogens with two attached hydrogens (primary N) is 1. The van der Waals surface area contributed by atoms with E-state index >= 15 is 0 Å². The quantitative estimate of drug-likeness (QED) is 0.658. The smallest absolute Gasteiger partial charge is 0.100 e. The molecule has 0 saturated heterocycles. The van der Waals surface area contributed by atoms with Crippen molar-refractivity contribution in [3.05, 3.63) is 59.2 Å². The van der Waals surface area contributed by atoms with Crippen LogP contribution in [0.25, 0.3) is 0 Å². The van der Waals surface area contributed by atoms with Gasteiger partial charge in [-0.3, -0.25) is 0 Å². The summed E-state index contributed by atoms with van der Waals surface area (Å²) < 4.78 is 0. The fraction of sp³-hybridized carbons (Fsp3) is 0.278. The summed E-state index contributed by atoms with van der Waals surface area (Å²) in [5.74, 6) is 0.850. The van der Waals surface area contributed by atoms with Gasteiger partial charge in [0, 0.05) is 16.3 Å². The van der Waals surface area contributed by atoms with Gasteiger partial charge in [-0.15, -0.1) is 11.8 Å². The van der Waals surface area contributed by atoms with Crippen molar-refractivity contribution in [3.63, 3.8) is 0 Å². The molecule has 0 aliphatic rings. The number of hydrogen-bond donors (Lipinski definition) is 1. The molecule has 21 heavy (non-hydrogen) atoms. The minimum absolute atomic E-state index is 0.177. The third kappa shape index (κ3) is 4.03. The Labute approximate surface area is 131 Å². The van der Waals surface area contributed by atoms with Crippen LogP contribution in [-0.2, 0) is 11.2 Å². The Morgan fingerprint density at radius 1 is 1.10 bits per heavy atom. The number of thioether (sulfide) groups is 1. The predicted octanol–water partition coefficient (Wildman–Crippen LogP) is 4.73. The molecule has 0 bridgehead atoms. The molecule has 0 spiro atoms. The summed E-state index contributed by atoms with van der Waals surface area (Å²) in [4.78, 5) is 0.978. The van der Waals surface area contributed by atoms with Gasteiger partial charge < -0.3 is 5.73 Å². The van der Waals surface area contributed by atoms with Crippen LogP contribution < -0.4 is 5.73 Å². The zero-order chi connectivity index (χ0) is 15.5. The Morgan fingerprint density at radius 3 is 2.33 bits per heavy atom. The Kier molecular flexibility index (Phi) is 4.59. The van der Waals surface area contributed by atoms with E-state index in [1.54, 1.807) is 17.8 Å². The number of rotatable bonds is 3. The van der Waals surface area contributed by atoms with Gasteiger partial charge in [-0.1, -0.05) is 45.0 Å². The van der Waals surface area contributed by atoms with Gasteiger partial charge in [0.25, 0.3) is 0 Å². The van der Waals surface area contributed by atoms with E-state index in [0.29, 0.717) is 11.3 Å². The molecule has 0 atom stereocenters. The molecule has 3 heteroatoms. The van der Waals surface area contributed by atoms with Crippen molar-refractivity contribution in [2.75, 3.05) is 5.73 Å². The highest BCUT2D eigenvalue weighted by Crippen LogP contribution is 2.28. The molecule has 0 aromatic heterocycles. The van der Waals surface area contributed by atoms with Gasteiger partial charge in [0.1, 0.15) is 6.07 Å². The van der Waals surface area contributed by atoms with Crippen LogP contribution in [0.15, 0.2) is 47.4 Å². The molecule has 2 rings (SSSR count). The van der Waals surface area contributed by atoms with Crippen molar-refractivity contribution in [1.82, 2.24) is 0 Å². The zero-order valence-electron chi connectivity index (χ0n) is 12.7. The largest absolute Gasteiger partial charge is 0.399 e. The maximum Gasteiger partial charge on any atom is 0.100 e. The van der Waals surface area contributed by atoms with Crippen LogP contribution in [-0.4, -0.2) is 0 Å². The molecule has 0 heterocycles. The second-order valence-corrected chi connectivity index (χ2v) is 7.12. The van der Waals surface area contributed by atoms with Crippen molar-refractivity contribution in [1.29, 1.82) is 5.26 Å². The van der Waals surface area contributed by atoms with Crippen LogP contribution in [0.4, 0.5) is 5.69 Å². The fourth-order valence-electron chi connectivity index (χ4n) is 2.02. The van der Waals surface area contributed by atoms with Crippen LogP contribution in [0.2, 0.25) is 0 Å². The van der Waals surface area contributed by atoms with Crippen molar-refractivity contribution in [2.45, 2.75) is 36.8 Å². The molecule has 0 fully saturated rings. The highest BCUT2D eigenvalue weighted by atomic mass is 32.2. The summed E-state index contributed by atoms with van der Waals surface area (Å²) in [6, 6.07) is 16.4. The first-order chi connectivity index (χ1) is 9.90. The minimum atomic E-state index is 0.177. The lowest BCUT2D eigenvalue weighted by molar-refractivity contribution is 0.590. The van der Waals surface area contributed by atoms with E-state index < -0.39 is 0 Å². The first-order valence-corrected chi connectivity index (χ1v) is 7.90. The molecular formula is C18H20N2S. The molecule has 108 valence electrons. The SMILES string of the molecule is CC(C)(C)c1ccc(CSc2ccc(N)cc2C#N)cc1. The molecule has 0 saturated carbocycles. The molecular weight excluding hydrogens is 276 g/mol. The maximum atomic E-state index is 9.15. The number of nitrogens with zero attached hydrogens (tertiary/aromatic N) is 1. The number of nitriles is 1. The topological polar surface area (TPSA) is 49.8 Å². The van der Waals surface area contributed by atoms with Gasteiger partial charge in [0.2, 0.25) is 0 Å². The zero-order valence-corrected chi connectivity index (χ0v) is 13.5. The van der Waals surface area contributed by atoms with Gasteiger partial charge in [-0.25, -0.2) is 0 Å². The second-order valence-electron chi connectivity index (χ2n) is 6.10.